The molecule has 1 saturated carbocycles. The molecule has 1 amide bonds. The summed E-state index contributed by atoms with van der Waals surface area (Å²) in [6, 6.07) is 11.6. The van der Waals surface area contributed by atoms with Crippen LogP contribution in [0.3, 0.4) is 0 Å². The quantitative estimate of drug-likeness (QED) is 0.662. The highest BCUT2D eigenvalue weighted by Gasteiger charge is 2.27. The Labute approximate surface area is 167 Å². The first-order valence-electron chi connectivity index (χ1n) is 10.1. The zero-order chi connectivity index (χ0) is 19.9. The molecule has 5 heteroatoms. The standard InChI is InChI=1S/C23H31N3O2/c1-26(2)21(14-18-5-7-22(27)8-6-18)16-25-23(28)15-20(13-17-3-4-17)19-9-11-24-12-10-19/h5-12,17,20-21,27H,3-4,13-16H2,1-2H3,(H,25,28). The van der Waals surface area contributed by atoms with Gasteiger partial charge < -0.3 is 15.3 Å². The smallest absolute Gasteiger partial charge is 0.220 e. The molecule has 28 heavy (non-hydrogen) atoms. The van der Waals surface area contributed by atoms with Gasteiger partial charge in [0.2, 0.25) is 5.91 Å². The number of phenolic OH excluding ortho intramolecular Hbond substituents is 1. The number of nitrogens with one attached hydrogen (secondary N) is 1. The minimum absolute atomic E-state index is 0.111. The molecule has 1 aliphatic rings. The number of benzene rings is 1. The maximum atomic E-state index is 12.7. The van der Waals surface area contributed by atoms with Crippen molar-refractivity contribution >= 4 is 5.91 Å². The second kappa shape index (κ2) is 9.69. The van der Waals surface area contributed by atoms with Gasteiger partial charge in [-0.2, -0.15) is 0 Å². The van der Waals surface area contributed by atoms with Gasteiger partial charge in [0.05, 0.1) is 0 Å². The summed E-state index contributed by atoms with van der Waals surface area (Å²) in [5, 5.41) is 12.6. The van der Waals surface area contributed by atoms with Crippen LogP contribution >= 0.6 is 0 Å². The van der Waals surface area contributed by atoms with E-state index >= 15 is 0 Å². The number of carbonyl (C=O) groups is 1. The largest absolute Gasteiger partial charge is 0.508 e. The van der Waals surface area contributed by atoms with E-state index in [2.05, 4.69) is 15.2 Å². The van der Waals surface area contributed by atoms with Gasteiger partial charge in [-0.1, -0.05) is 25.0 Å². The van der Waals surface area contributed by atoms with Gasteiger partial charge in [0.25, 0.3) is 0 Å². The summed E-state index contributed by atoms with van der Waals surface area (Å²) in [6.45, 7) is 0.610. The van der Waals surface area contributed by atoms with Crippen LogP contribution in [0.1, 0.15) is 42.7 Å². The SMILES string of the molecule is CN(C)C(CNC(=O)CC(CC1CC1)c1ccncc1)Cc1ccc(O)cc1. The molecule has 5 nitrogen and oxygen atoms in total. The zero-order valence-electron chi connectivity index (χ0n) is 16.8. The molecule has 2 atom stereocenters. The highest BCUT2D eigenvalue weighted by molar-refractivity contribution is 5.76. The topological polar surface area (TPSA) is 65.5 Å². The summed E-state index contributed by atoms with van der Waals surface area (Å²) >= 11 is 0. The van der Waals surface area contributed by atoms with E-state index in [-0.39, 0.29) is 23.6 Å². The van der Waals surface area contributed by atoms with Crippen molar-refractivity contribution in [2.45, 2.75) is 44.1 Å². The third-order valence-electron chi connectivity index (χ3n) is 5.60. The van der Waals surface area contributed by atoms with Gasteiger partial charge in [-0.3, -0.25) is 9.78 Å². The number of carbonyl (C=O) groups excluding carboxylic acids is 1. The molecule has 1 aromatic carbocycles. The number of likely N-dealkylation sites (N-methyl/N-ethyl adjacent to an activating group) is 1. The van der Waals surface area contributed by atoms with E-state index in [1.54, 1.807) is 12.1 Å². The van der Waals surface area contributed by atoms with Crippen LogP contribution in [0.5, 0.6) is 5.75 Å². The second-order valence-electron chi connectivity index (χ2n) is 8.15. The van der Waals surface area contributed by atoms with Crippen LogP contribution in [-0.4, -0.2) is 47.6 Å². The molecule has 1 aliphatic carbocycles. The molecule has 0 bridgehead atoms. The number of hydrogen-bond acceptors (Lipinski definition) is 4. The Balaban J connectivity index is 1.54. The van der Waals surface area contributed by atoms with E-state index in [1.165, 1.54) is 18.4 Å². The predicted octanol–water partition coefficient (Wildman–Crippen LogP) is 3.35. The zero-order valence-corrected chi connectivity index (χ0v) is 16.8. The third-order valence-corrected chi connectivity index (χ3v) is 5.60. The van der Waals surface area contributed by atoms with Gasteiger partial charge in [0.15, 0.2) is 0 Å². The molecule has 2 aromatic rings. The van der Waals surface area contributed by atoms with Crippen molar-refractivity contribution in [1.29, 1.82) is 0 Å². The molecule has 1 heterocycles. The normalized spacial score (nSPS) is 16.0. The van der Waals surface area contributed by atoms with Crippen LogP contribution in [-0.2, 0) is 11.2 Å². The average Bonchev–Trinajstić information content (AvgIpc) is 3.50. The van der Waals surface area contributed by atoms with E-state index < -0.39 is 0 Å². The summed E-state index contributed by atoms with van der Waals surface area (Å²) < 4.78 is 0. The van der Waals surface area contributed by atoms with Crippen molar-refractivity contribution < 1.29 is 9.90 Å². The van der Waals surface area contributed by atoms with Gasteiger partial charge in [-0.15, -0.1) is 0 Å². The van der Waals surface area contributed by atoms with Crippen LogP contribution in [0.25, 0.3) is 0 Å². The molecule has 0 spiro atoms. The molecule has 1 aromatic heterocycles. The van der Waals surface area contributed by atoms with Crippen molar-refractivity contribution in [2.24, 2.45) is 5.92 Å². The summed E-state index contributed by atoms with van der Waals surface area (Å²) in [5.74, 6) is 1.43. The van der Waals surface area contributed by atoms with Crippen LogP contribution in [0.4, 0.5) is 0 Å². The molecule has 0 saturated heterocycles. The lowest BCUT2D eigenvalue weighted by molar-refractivity contribution is -0.121. The number of hydrogen-bond donors (Lipinski definition) is 2. The number of nitrogens with zero attached hydrogens (tertiary/aromatic N) is 2. The molecular formula is C23H31N3O2. The first-order valence-corrected chi connectivity index (χ1v) is 10.1. The van der Waals surface area contributed by atoms with Crippen molar-refractivity contribution in [3.63, 3.8) is 0 Å². The Morgan fingerprint density at radius 2 is 1.86 bits per heavy atom. The van der Waals surface area contributed by atoms with Crippen LogP contribution in [0.15, 0.2) is 48.8 Å². The van der Waals surface area contributed by atoms with E-state index in [1.807, 2.05) is 50.8 Å². The number of rotatable bonds is 10. The van der Waals surface area contributed by atoms with Crippen molar-refractivity contribution in [3.8, 4) is 5.75 Å². The molecule has 0 radical (unpaired) electrons. The van der Waals surface area contributed by atoms with Gasteiger partial charge >= 0.3 is 0 Å². The van der Waals surface area contributed by atoms with E-state index in [0.717, 1.165) is 24.3 Å². The highest BCUT2D eigenvalue weighted by Crippen LogP contribution is 2.39. The molecule has 2 unspecified atom stereocenters. The molecule has 0 aliphatic heterocycles. The fourth-order valence-corrected chi connectivity index (χ4v) is 3.60. The minimum Gasteiger partial charge on any atom is -0.508 e. The maximum Gasteiger partial charge on any atom is 0.220 e. The number of aromatic nitrogens is 1. The first kappa shape index (κ1) is 20.3. The van der Waals surface area contributed by atoms with Crippen molar-refractivity contribution in [1.82, 2.24) is 15.2 Å². The van der Waals surface area contributed by atoms with Gasteiger partial charge in [-0.05, 0) is 74.2 Å². The molecule has 3 rings (SSSR count). The van der Waals surface area contributed by atoms with E-state index in [9.17, 15) is 9.90 Å². The number of aromatic hydroxyl groups is 1. The average molecular weight is 382 g/mol. The fourth-order valence-electron chi connectivity index (χ4n) is 3.60. The Morgan fingerprint density at radius 1 is 1.18 bits per heavy atom. The summed E-state index contributed by atoms with van der Waals surface area (Å²) in [6.07, 6.45) is 8.64. The van der Waals surface area contributed by atoms with E-state index in [4.69, 9.17) is 0 Å². The molecular weight excluding hydrogens is 350 g/mol. The lowest BCUT2D eigenvalue weighted by Crippen LogP contribution is -2.41. The minimum atomic E-state index is 0.111. The first-order chi connectivity index (χ1) is 13.5. The molecule has 1 fully saturated rings. The predicted molar refractivity (Wildman–Crippen MR) is 111 cm³/mol. The number of amides is 1. The van der Waals surface area contributed by atoms with Crippen LogP contribution < -0.4 is 5.32 Å². The van der Waals surface area contributed by atoms with Gasteiger partial charge in [0, 0.05) is 31.4 Å². The number of pyridine rings is 1. The van der Waals surface area contributed by atoms with Gasteiger partial charge in [0.1, 0.15) is 5.75 Å². The Hall–Kier alpha value is -2.40. The molecule has 2 N–H and O–H groups in total. The maximum absolute atomic E-state index is 12.7. The second-order valence-corrected chi connectivity index (χ2v) is 8.15. The number of phenols is 1. The fraction of sp³-hybridized carbons (Fsp3) is 0.478. The summed E-state index contributed by atoms with van der Waals surface area (Å²) in [7, 11) is 4.06. The van der Waals surface area contributed by atoms with Crippen molar-refractivity contribution in [2.75, 3.05) is 20.6 Å². The lowest BCUT2D eigenvalue weighted by atomic mass is 9.91. The van der Waals surface area contributed by atoms with Crippen LogP contribution in [0.2, 0.25) is 0 Å². The Morgan fingerprint density at radius 3 is 2.46 bits per heavy atom. The summed E-state index contributed by atoms with van der Waals surface area (Å²) in [4.78, 5) is 18.9. The Bertz CT molecular complexity index is 742. The van der Waals surface area contributed by atoms with E-state index in [0.29, 0.717) is 13.0 Å². The summed E-state index contributed by atoms with van der Waals surface area (Å²) in [5.41, 5.74) is 2.36. The molecule has 150 valence electrons. The Kier molecular flexibility index (Phi) is 7.04. The van der Waals surface area contributed by atoms with Crippen molar-refractivity contribution in [3.05, 3.63) is 59.9 Å². The van der Waals surface area contributed by atoms with Crippen LogP contribution in [0, 0.1) is 5.92 Å². The highest BCUT2D eigenvalue weighted by atomic mass is 16.3. The monoisotopic (exact) mass is 381 g/mol. The van der Waals surface area contributed by atoms with Gasteiger partial charge in [-0.25, -0.2) is 0 Å². The third kappa shape index (κ3) is 6.34. The lowest BCUT2D eigenvalue weighted by Gasteiger charge is -2.25.